The van der Waals surface area contributed by atoms with Gasteiger partial charge in [0.25, 0.3) is 0 Å². The Kier molecular flexibility index (Phi) is 9.36. The van der Waals surface area contributed by atoms with Crippen molar-refractivity contribution in [3.63, 3.8) is 0 Å². The fraction of sp³-hybridized carbons (Fsp3) is 0.278. The van der Waals surface area contributed by atoms with E-state index in [4.69, 9.17) is 5.11 Å². The normalized spacial score (nSPS) is 11.0. The summed E-state index contributed by atoms with van der Waals surface area (Å²) in [6.45, 7) is 0.782. The van der Waals surface area contributed by atoms with Gasteiger partial charge >= 0.3 is 0 Å². The number of nitrogens with zero attached hydrogens (tertiary/aromatic N) is 1. The maximum atomic E-state index is 13.3. The van der Waals surface area contributed by atoms with Gasteiger partial charge in [0.2, 0.25) is 0 Å². The molecule has 0 aromatic heterocycles. The molecular weight excluding hydrogens is 439 g/mol. The molecule has 0 heterocycles. The third kappa shape index (κ3) is 6.95. The third-order valence-electron chi connectivity index (χ3n) is 3.58. The maximum absolute atomic E-state index is 13.3. The van der Waals surface area contributed by atoms with Crippen molar-refractivity contribution in [2.45, 2.75) is 19.6 Å². The zero-order valence-corrected chi connectivity index (χ0v) is 16.3. The van der Waals surface area contributed by atoms with E-state index in [2.05, 4.69) is 15.6 Å². The smallest absolute Gasteiger partial charge is 0.191 e. The predicted molar refractivity (Wildman–Crippen MR) is 106 cm³/mol. The lowest BCUT2D eigenvalue weighted by Gasteiger charge is -2.12. The Morgan fingerprint density at radius 2 is 1.72 bits per heavy atom. The Morgan fingerprint density at radius 1 is 1.04 bits per heavy atom. The van der Waals surface area contributed by atoms with Gasteiger partial charge in [-0.15, -0.1) is 24.0 Å². The lowest BCUT2D eigenvalue weighted by atomic mass is 10.1. The molecule has 0 aliphatic heterocycles. The van der Waals surface area contributed by atoms with E-state index in [1.807, 2.05) is 0 Å². The summed E-state index contributed by atoms with van der Waals surface area (Å²) in [6, 6.07) is 11.0. The molecule has 25 heavy (non-hydrogen) atoms. The van der Waals surface area contributed by atoms with E-state index < -0.39 is 5.82 Å². The lowest BCUT2D eigenvalue weighted by Crippen LogP contribution is -2.37. The zero-order valence-electron chi connectivity index (χ0n) is 13.9. The highest BCUT2D eigenvalue weighted by atomic mass is 127. The number of aliphatic imine (C=N–C) groups is 1. The van der Waals surface area contributed by atoms with Crippen molar-refractivity contribution in [3.05, 3.63) is 70.8 Å². The number of aliphatic hydroxyl groups excluding tert-OH is 1. The van der Waals surface area contributed by atoms with E-state index in [0.717, 1.165) is 17.5 Å². The van der Waals surface area contributed by atoms with E-state index in [9.17, 15) is 8.78 Å². The number of nitrogens with one attached hydrogen (secondary N) is 2. The molecule has 0 saturated heterocycles. The highest BCUT2D eigenvalue weighted by Gasteiger charge is 2.04. The number of aliphatic hydroxyl groups is 1. The van der Waals surface area contributed by atoms with Gasteiger partial charge in [0, 0.05) is 25.7 Å². The van der Waals surface area contributed by atoms with Crippen LogP contribution in [0.15, 0.2) is 47.5 Å². The molecular formula is C18H22F2IN3O. The first kappa shape index (κ1) is 21.3. The van der Waals surface area contributed by atoms with E-state index in [-0.39, 0.29) is 42.0 Å². The van der Waals surface area contributed by atoms with Gasteiger partial charge in [-0.2, -0.15) is 0 Å². The molecule has 0 saturated carbocycles. The minimum Gasteiger partial charge on any atom is -0.392 e. The van der Waals surface area contributed by atoms with Crippen LogP contribution >= 0.6 is 24.0 Å². The number of rotatable bonds is 6. The Hall–Kier alpha value is -1.74. The first-order chi connectivity index (χ1) is 11.6. The predicted octanol–water partition coefficient (Wildman–Crippen LogP) is 2.98. The van der Waals surface area contributed by atoms with Crippen molar-refractivity contribution in [2.24, 2.45) is 4.99 Å². The summed E-state index contributed by atoms with van der Waals surface area (Å²) in [6.07, 6.45) is 0.742. The summed E-state index contributed by atoms with van der Waals surface area (Å²) in [7, 11) is 1.66. The van der Waals surface area contributed by atoms with Gasteiger partial charge in [0.05, 0.1) is 6.61 Å². The van der Waals surface area contributed by atoms with Crippen molar-refractivity contribution >= 4 is 29.9 Å². The second-order valence-corrected chi connectivity index (χ2v) is 5.31. The van der Waals surface area contributed by atoms with Crippen LogP contribution in [-0.4, -0.2) is 24.7 Å². The van der Waals surface area contributed by atoms with Crippen LogP contribution in [0.2, 0.25) is 0 Å². The van der Waals surface area contributed by atoms with Crippen LogP contribution in [0.3, 0.4) is 0 Å². The molecule has 0 aliphatic rings. The molecule has 3 N–H and O–H groups in total. The highest BCUT2D eigenvalue weighted by molar-refractivity contribution is 14.0. The van der Waals surface area contributed by atoms with Crippen LogP contribution in [-0.2, 0) is 19.6 Å². The van der Waals surface area contributed by atoms with E-state index in [1.165, 1.54) is 18.2 Å². The monoisotopic (exact) mass is 461 g/mol. The van der Waals surface area contributed by atoms with Gasteiger partial charge in [-0.05, 0) is 41.8 Å². The molecule has 0 spiro atoms. The first-order valence-corrected chi connectivity index (χ1v) is 7.69. The number of hydrogen-bond donors (Lipinski definition) is 3. The summed E-state index contributed by atoms with van der Waals surface area (Å²) < 4.78 is 26.2. The van der Waals surface area contributed by atoms with Crippen molar-refractivity contribution < 1.29 is 13.9 Å². The number of benzene rings is 2. The van der Waals surface area contributed by atoms with Crippen molar-refractivity contribution in [2.75, 3.05) is 13.6 Å². The van der Waals surface area contributed by atoms with E-state index >= 15 is 0 Å². The SMILES string of the molecule is CN=C(NCCc1ccc(F)cc1)NCc1ccc(F)c(CO)c1.I. The molecule has 0 unspecified atom stereocenters. The summed E-state index contributed by atoms with van der Waals surface area (Å²) >= 11 is 0. The maximum Gasteiger partial charge on any atom is 0.191 e. The van der Waals surface area contributed by atoms with Gasteiger partial charge in [-0.3, -0.25) is 4.99 Å². The summed E-state index contributed by atoms with van der Waals surface area (Å²) in [4.78, 5) is 4.12. The van der Waals surface area contributed by atoms with Gasteiger partial charge in [-0.1, -0.05) is 18.2 Å². The van der Waals surface area contributed by atoms with Gasteiger partial charge in [-0.25, -0.2) is 8.78 Å². The van der Waals surface area contributed by atoms with Crippen LogP contribution in [0.1, 0.15) is 16.7 Å². The molecule has 136 valence electrons. The highest BCUT2D eigenvalue weighted by Crippen LogP contribution is 2.10. The van der Waals surface area contributed by atoms with Gasteiger partial charge < -0.3 is 15.7 Å². The average molecular weight is 461 g/mol. The quantitative estimate of drug-likeness (QED) is 0.352. The second kappa shape index (κ2) is 11.0. The van der Waals surface area contributed by atoms with Crippen LogP contribution < -0.4 is 10.6 Å². The van der Waals surface area contributed by atoms with Crippen molar-refractivity contribution in [3.8, 4) is 0 Å². The third-order valence-corrected chi connectivity index (χ3v) is 3.58. The summed E-state index contributed by atoms with van der Waals surface area (Å²) in [5, 5.41) is 15.4. The molecule has 0 radical (unpaired) electrons. The minimum absolute atomic E-state index is 0. The topological polar surface area (TPSA) is 56.7 Å². The number of halogens is 3. The standard InChI is InChI=1S/C18H21F2N3O.HI/c1-21-18(22-9-8-13-2-5-16(19)6-3-13)23-11-14-4-7-17(20)15(10-14)12-24;/h2-7,10,24H,8-9,11-12H2,1H3,(H2,21,22,23);1H. The molecule has 0 aliphatic carbocycles. The fourth-order valence-corrected chi connectivity index (χ4v) is 2.24. The van der Waals surface area contributed by atoms with Crippen LogP contribution in [0.25, 0.3) is 0 Å². The average Bonchev–Trinajstić information content (AvgIpc) is 2.60. The lowest BCUT2D eigenvalue weighted by molar-refractivity contribution is 0.275. The largest absolute Gasteiger partial charge is 0.392 e. The molecule has 4 nitrogen and oxygen atoms in total. The Morgan fingerprint density at radius 3 is 2.36 bits per heavy atom. The molecule has 0 atom stereocenters. The molecule has 0 bridgehead atoms. The van der Waals surface area contributed by atoms with Gasteiger partial charge in [0.15, 0.2) is 5.96 Å². The van der Waals surface area contributed by atoms with Crippen LogP contribution in [0.5, 0.6) is 0 Å². The summed E-state index contributed by atoms with van der Waals surface area (Å²) in [5.41, 5.74) is 2.15. The molecule has 0 fully saturated rings. The van der Waals surface area contributed by atoms with Crippen LogP contribution in [0, 0.1) is 11.6 Å². The molecule has 2 rings (SSSR count). The second-order valence-electron chi connectivity index (χ2n) is 5.31. The molecule has 0 amide bonds. The van der Waals surface area contributed by atoms with E-state index in [1.54, 1.807) is 31.3 Å². The minimum atomic E-state index is -0.414. The number of hydrogen-bond acceptors (Lipinski definition) is 2. The first-order valence-electron chi connectivity index (χ1n) is 7.69. The Bertz CT molecular complexity index is 693. The van der Waals surface area contributed by atoms with Crippen molar-refractivity contribution in [1.29, 1.82) is 0 Å². The van der Waals surface area contributed by atoms with Crippen molar-refractivity contribution in [1.82, 2.24) is 10.6 Å². The number of guanidine groups is 1. The molecule has 2 aromatic rings. The summed E-state index contributed by atoms with van der Waals surface area (Å²) in [5.74, 6) is -0.0410. The zero-order chi connectivity index (χ0) is 17.4. The van der Waals surface area contributed by atoms with E-state index in [0.29, 0.717) is 19.0 Å². The molecule has 7 heteroatoms. The van der Waals surface area contributed by atoms with Gasteiger partial charge in [0.1, 0.15) is 11.6 Å². The molecule has 2 aromatic carbocycles. The Labute approximate surface area is 163 Å². The fourth-order valence-electron chi connectivity index (χ4n) is 2.24. The van der Waals surface area contributed by atoms with Crippen LogP contribution in [0.4, 0.5) is 8.78 Å². The Balaban J connectivity index is 0.00000312.